The van der Waals surface area contributed by atoms with Crippen molar-refractivity contribution in [2.24, 2.45) is 5.41 Å². The van der Waals surface area contributed by atoms with Gasteiger partial charge in [-0.1, -0.05) is 33.1 Å². The van der Waals surface area contributed by atoms with E-state index >= 15 is 0 Å². The molecule has 106 valence electrons. The van der Waals surface area contributed by atoms with Gasteiger partial charge in [0.05, 0.1) is 0 Å². The standard InChI is InChI=1S/C17H28N2/c1-3-11-19-16(14-15-7-12-18-13-8-15)17(2)9-5-4-6-10-17/h7-8,12-13,16,19H,3-6,9-11,14H2,1-2H3. The Morgan fingerprint density at radius 1 is 1.21 bits per heavy atom. The SMILES string of the molecule is CCCNC(Cc1ccncc1)C1(C)CCCCC1. The lowest BCUT2D eigenvalue weighted by Crippen LogP contribution is -2.46. The molecule has 1 aromatic heterocycles. The van der Waals surface area contributed by atoms with Gasteiger partial charge in [0, 0.05) is 18.4 Å². The van der Waals surface area contributed by atoms with Gasteiger partial charge in [-0.2, -0.15) is 0 Å². The fourth-order valence-corrected chi connectivity index (χ4v) is 3.35. The quantitative estimate of drug-likeness (QED) is 0.837. The minimum Gasteiger partial charge on any atom is -0.313 e. The summed E-state index contributed by atoms with van der Waals surface area (Å²) in [7, 11) is 0. The number of hydrogen-bond donors (Lipinski definition) is 1. The van der Waals surface area contributed by atoms with E-state index < -0.39 is 0 Å². The van der Waals surface area contributed by atoms with Crippen LogP contribution in [0.2, 0.25) is 0 Å². The molecule has 1 atom stereocenters. The Bertz CT molecular complexity index is 355. The molecule has 1 N–H and O–H groups in total. The van der Waals surface area contributed by atoms with E-state index in [9.17, 15) is 0 Å². The van der Waals surface area contributed by atoms with Crippen LogP contribution in [0.15, 0.2) is 24.5 Å². The van der Waals surface area contributed by atoms with Crippen molar-refractivity contribution in [1.82, 2.24) is 10.3 Å². The smallest absolute Gasteiger partial charge is 0.0270 e. The van der Waals surface area contributed by atoms with Gasteiger partial charge in [0.1, 0.15) is 0 Å². The van der Waals surface area contributed by atoms with Crippen molar-refractivity contribution in [2.75, 3.05) is 6.54 Å². The van der Waals surface area contributed by atoms with Gasteiger partial charge >= 0.3 is 0 Å². The molecule has 2 rings (SSSR count). The van der Waals surface area contributed by atoms with Crippen LogP contribution in [0.4, 0.5) is 0 Å². The minimum atomic E-state index is 0.469. The van der Waals surface area contributed by atoms with Crippen LogP contribution < -0.4 is 5.32 Å². The van der Waals surface area contributed by atoms with E-state index in [1.54, 1.807) is 0 Å². The summed E-state index contributed by atoms with van der Waals surface area (Å²) in [6.45, 7) is 5.87. The molecule has 1 aliphatic carbocycles. The molecule has 0 radical (unpaired) electrons. The van der Waals surface area contributed by atoms with Gasteiger partial charge in [0.15, 0.2) is 0 Å². The van der Waals surface area contributed by atoms with Crippen molar-refractivity contribution in [3.63, 3.8) is 0 Å². The number of hydrogen-bond acceptors (Lipinski definition) is 2. The molecule has 1 heterocycles. The van der Waals surface area contributed by atoms with Gasteiger partial charge in [-0.15, -0.1) is 0 Å². The summed E-state index contributed by atoms with van der Waals surface area (Å²) in [6, 6.07) is 4.93. The van der Waals surface area contributed by atoms with Crippen molar-refractivity contribution >= 4 is 0 Å². The molecular weight excluding hydrogens is 232 g/mol. The summed E-state index contributed by atoms with van der Waals surface area (Å²) >= 11 is 0. The third-order valence-electron chi connectivity index (χ3n) is 4.67. The second kappa shape index (κ2) is 7.04. The Hall–Kier alpha value is -0.890. The Labute approximate surface area is 118 Å². The molecule has 0 amide bonds. The van der Waals surface area contributed by atoms with E-state index in [1.165, 1.54) is 44.1 Å². The molecule has 2 heteroatoms. The van der Waals surface area contributed by atoms with E-state index in [2.05, 4.69) is 36.3 Å². The summed E-state index contributed by atoms with van der Waals surface area (Å²) in [5, 5.41) is 3.81. The highest BCUT2D eigenvalue weighted by molar-refractivity contribution is 5.13. The van der Waals surface area contributed by atoms with Crippen molar-refractivity contribution in [2.45, 2.75) is 64.8 Å². The molecule has 1 unspecified atom stereocenters. The number of rotatable bonds is 6. The van der Waals surface area contributed by atoms with E-state index in [0.717, 1.165) is 13.0 Å². The molecule has 1 aromatic rings. The number of aromatic nitrogens is 1. The number of pyridine rings is 1. The summed E-state index contributed by atoms with van der Waals surface area (Å²) in [6.07, 6.45) is 13.1. The van der Waals surface area contributed by atoms with E-state index in [1.807, 2.05) is 12.4 Å². The highest BCUT2D eigenvalue weighted by atomic mass is 14.9. The predicted octanol–water partition coefficient (Wildman–Crippen LogP) is 3.96. The summed E-state index contributed by atoms with van der Waals surface area (Å²) in [5.74, 6) is 0. The molecule has 0 aliphatic heterocycles. The third kappa shape index (κ3) is 4.04. The third-order valence-corrected chi connectivity index (χ3v) is 4.67. The molecular formula is C17H28N2. The highest BCUT2D eigenvalue weighted by Gasteiger charge is 2.34. The second-order valence-electron chi connectivity index (χ2n) is 6.28. The maximum atomic E-state index is 4.12. The molecule has 0 bridgehead atoms. The first-order chi connectivity index (χ1) is 9.24. The Morgan fingerprint density at radius 2 is 1.89 bits per heavy atom. The summed E-state index contributed by atoms with van der Waals surface area (Å²) in [5.41, 5.74) is 1.88. The molecule has 2 nitrogen and oxygen atoms in total. The molecule has 1 aliphatic rings. The normalized spacial score (nSPS) is 20.1. The fraction of sp³-hybridized carbons (Fsp3) is 0.706. The first-order valence-electron chi connectivity index (χ1n) is 7.87. The van der Waals surface area contributed by atoms with Gasteiger partial charge in [0.2, 0.25) is 0 Å². The lowest BCUT2D eigenvalue weighted by atomic mass is 9.69. The average molecular weight is 260 g/mol. The lowest BCUT2D eigenvalue weighted by Gasteiger charge is -2.41. The number of nitrogens with one attached hydrogen (secondary N) is 1. The second-order valence-corrected chi connectivity index (χ2v) is 6.28. The van der Waals surface area contributed by atoms with Crippen LogP contribution in [0.1, 0.15) is 57.9 Å². The van der Waals surface area contributed by atoms with Gasteiger partial charge in [-0.05, 0) is 55.3 Å². The minimum absolute atomic E-state index is 0.469. The summed E-state index contributed by atoms with van der Waals surface area (Å²) in [4.78, 5) is 4.12. The van der Waals surface area contributed by atoms with Crippen LogP contribution in [0, 0.1) is 5.41 Å². The van der Waals surface area contributed by atoms with Gasteiger partial charge < -0.3 is 5.32 Å². The van der Waals surface area contributed by atoms with Crippen LogP contribution >= 0.6 is 0 Å². The maximum absolute atomic E-state index is 4.12. The van der Waals surface area contributed by atoms with Crippen LogP contribution in [-0.4, -0.2) is 17.6 Å². The monoisotopic (exact) mass is 260 g/mol. The Morgan fingerprint density at radius 3 is 2.53 bits per heavy atom. The van der Waals surface area contributed by atoms with E-state index in [0.29, 0.717) is 11.5 Å². The lowest BCUT2D eigenvalue weighted by molar-refractivity contribution is 0.143. The van der Waals surface area contributed by atoms with E-state index in [4.69, 9.17) is 0 Å². The van der Waals surface area contributed by atoms with E-state index in [-0.39, 0.29) is 0 Å². The topological polar surface area (TPSA) is 24.9 Å². The molecule has 19 heavy (non-hydrogen) atoms. The average Bonchev–Trinajstić information content (AvgIpc) is 2.45. The summed E-state index contributed by atoms with van der Waals surface area (Å²) < 4.78 is 0. The zero-order chi connectivity index (χ0) is 13.6. The predicted molar refractivity (Wildman–Crippen MR) is 81.2 cm³/mol. The fourth-order valence-electron chi connectivity index (χ4n) is 3.35. The van der Waals surface area contributed by atoms with Crippen molar-refractivity contribution in [3.8, 4) is 0 Å². The first kappa shape index (κ1) is 14.5. The van der Waals surface area contributed by atoms with Crippen LogP contribution in [0.25, 0.3) is 0 Å². The Kier molecular flexibility index (Phi) is 5.38. The van der Waals surface area contributed by atoms with Crippen LogP contribution in [-0.2, 0) is 6.42 Å². The van der Waals surface area contributed by atoms with Crippen LogP contribution in [0.3, 0.4) is 0 Å². The molecule has 0 spiro atoms. The number of nitrogens with zero attached hydrogens (tertiary/aromatic N) is 1. The Balaban J connectivity index is 2.06. The van der Waals surface area contributed by atoms with Gasteiger partial charge in [-0.3, -0.25) is 4.98 Å². The van der Waals surface area contributed by atoms with Crippen molar-refractivity contribution < 1.29 is 0 Å². The van der Waals surface area contributed by atoms with Crippen molar-refractivity contribution in [1.29, 1.82) is 0 Å². The van der Waals surface area contributed by atoms with Gasteiger partial charge in [0.25, 0.3) is 0 Å². The molecule has 1 saturated carbocycles. The zero-order valence-electron chi connectivity index (χ0n) is 12.5. The molecule has 0 saturated heterocycles. The molecule has 1 fully saturated rings. The van der Waals surface area contributed by atoms with Crippen LogP contribution in [0.5, 0.6) is 0 Å². The zero-order valence-corrected chi connectivity index (χ0v) is 12.5. The maximum Gasteiger partial charge on any atom is 0.0270 e. The van der Waals surface area contributed by atoms with Crippen molar-refractivity contribution in [3.05, 3.63) is 30.1 Å². The van der Waals surface area contributed by atoms with Gasteiger partial charge in [-0.25, -0.2) is 0 Å². The first-order valence-corrected chi connectivity index (χ1v) is 7.87. The molecule has 0 aromatic carbocycles. The largest absolute Gasteiger partial charge is 0.313 e. The highest BCUT2D eigenvalue weighted by Crippen LogP contribution is 2.39.